The third-order valence-corrected chi connectivity index (χ3v) is 8.78. The lowest BCUT2D eigenvalue weighted by molar-refractivity contribution is 0.609. The number of para-hydroxylation sites is 1. The molecule has 5 heteroatoms. The first-order valence-electron chi connectivity index (χ1n) is 13.2. The molecule has 3 heterocycles. The molecule has 7 rings (SSSR count). The van der Waals surface area contributed by atoms with Crippen LogP contribution < -0.4 is 0 Å². The maximum Gasteiger partial charge on any atom is 0.161 e. The Morgan fingerprint density at radius 2 is 1.57 bits per heavy atom. The van der Waals surface area contributed by atoms with Crippen LogP contribution in [0.2, 0.25) is 0 Å². The molecule has 0 amide bonds. The van der Waals surface area contributed by atoms with Crippen molar-refractivity contribution in [1.29, 1.82) is 5.26 Å². The lowest BCUT2D eigenvalue weighted by Crippen LogP contribution is -2.25. The van der Waals surface area contributed by atoms with Gasteiger partial charge >= 0.3 is 0 Å². The highest BCUT2D eigenvalue weighted by Gasteiger charge is 2.35. The van der Waals surface area contributed by atoms with E-state index < -0.39 is 0 Å². The number of nitriles is 1. The standard InChI is InChI=1S/C35H24N4S/c1-35(2)28-19-22(20-36)12-17-30(28)40-31-11-5-9-26(32(31)35)23-13-15-24(16-14-23)33-27-8-3-4-10-29(27)38-34(39-33)25-7-6-18-37-21-25/h3-19,21H,1-2H3. The molecule has 190 valence electrons. The molecule has 0 N–H and O–H groups in total. The van der Waals surface area contributed by atoms with Crippen LogP contribution >= 0.6 is 11.8 Å². The molecule has 0 unspecified atom stereocenters. The number of rotatable bonds is 3. The second-order valence-electron chi connectivity index (χ2n) is 10.5. The quantitative estimate of drug-likeness (QED) is 0.228. The van der Waals surface area contributed by atoms with E-state index in [4.69, 9.17) is 9.97 Å². The Labute approximate surface area is 237 Å². The molecule has 1 aliphatic rings. The number of pyridine rings is 1. The Balaban J connectivity index is 1.34. The molecule has 0 aliphatic carbocycles. The molecule has 0 saturated heterocycles. The van der Waals surface area contributed by atoms with E-state index in [1.807, 2.05) is 42.5 Å². The number of aromatic nitrogens is 3. The summed E-state index contributed by atoms with van der Waals surface area (Å²) in [6.07, 6.45) is 3.56. The molecule has 0 saturated carbocycles. The van der Waals surface area contributed by atoms with E-state index in [0.29, 0.717) is 11.4 Å². The second kappa shape index (κ2) is 9.44. The summed E-state index contributed by atoms with van der Waals surface area (Å²) in [6.45, 7) is 4.52. The van der Waals surface area contributed by atoms with E-state index in [-0.39, 0.29) is 5.41 Å². The minimum atomic E-state index is -0.250. The lowest BCUT2D eigenvalue weighted by atomic mass is 9.74. The predicted molar refractivity (Wildman–Crippen MR) is 161 cm³/mol. The summed E-state index contributed by atoms with van der Waals surface area (Å²) in [5.41, 5.74) is 9.03. The maximum absolute atomic E-state index is 9.54. The fourth-order valence-electron chi connectivity index (χ4n) is 5.66. The molecule has 0 spiro atoms. The summed E-state index contributed by atoms with van der Waals surface area (Å²) in [4.78, 5) is 16.5. The SMILES string of the molecule is CC1(C)c2cc(C#N)ccc2Sc2cccc(-c3ccc(-c4nc(-c5cccnc5)nc5ccccc45)cc3)c21. The maximum atomic E-state index is 9.54. The molecule has 0 bridgehead atoms. The highest BCUT2D eigenvalue weighted by Crippen LogP contribution is 2.52. The van der Waals surface area contributed by atoms with Gasteiger partial charge in [0, 0.05) is 44.1 Å². The third-order valence-electron chi connectivity index (χ3n) is 7.65. The van der Waals surface area contributed by atoms with Gasteiger partial charge in [0.2, 0.25) is 0 Å². The topological polar surface area (TPSA) is 62.5 Å². The Hall–Kier alpha value is -4.79. The van der Waals surface area contributed by atoms with Crippen LogP contribution in [0.15, 0.2) is 119 Å². The van der Waals surface area contributed by atoms with Crippen molar-refractivity contribution in [2.75, 3.05) is 0 Å². The summed E-state index contributed by atoms with van der Waals surface area (Å²) in [5, 5.41) is 10.6. The van der Waals surface area contributed by atoms with Crippen LogP contribution in [0.5, 0.6) is 0 Å². The molecule has 40 heavy (non-hydrogen) atoms. The lowest BCUT2D eigenvalue weighted by Gasteiger charge is -2.36. The van der Waals surface area contributed by atoms with Gasteiger partial charge in [0.05, 0.1) is 22.8 Å². The first-order valence-corrected chi connectivity index (χ1v) is 14.0. The Morgan fingerprint density at radius 3 is 2.38 bits per heavy atom. The zero-order chi connectivity index (χ0) is 27.3. The van der Waals surface area contributed by atoms with Gasteiger partial charge in [-0.25, -0.2) is 9.97 Å². The van der Waals surface area contributed by atoms with Crippen molar-refractivity contribution in [1.82, 2.24) is 15.0 Å². The summed E-state index contributed by atoms with van der Waals surface area (Å²) >= 11 is 1.78. The van der Waals surface area contributed by atoms with Crippen LogP contribution in [-0.4, -0.2) is 15.0 Å². The predicted octanol–water partition coefficient (Wildman–Crippen LogP) is 8.69. The van der Waals surface area contributed by atoms with Crippen molar-refractivity contribution in [3.05, 3.63) is 126 Å². The Morgan fingerprint density at radius 1 is 0.750 bits per heavy atom. The van der Waals surface area contributed by atoms with Crippen molar-refractivity contribution in [3.63, 3.8) is 0 Å². The molecule has 0 fully saturated rings. The van der Waals surface area contributed by atoms with Crippen LogP contribution in [0.4, 0.5) is 0 Å². The fourth-order valence-corrected chi connectivity index (χ4v) is 7.07. The summed E-state index contributed by atoms with van der Waals surface area (Å²) in [6, 6.07) is 35.6. The van der Waals surface area contributed by atoms with Gasteiger partial charge < -0.3 is 0 Å². The number of benzene rings is 4. The van der Waals surface area contributed by atoms with E-state index in [9.17, 15) is 5.26 Å². The van der Waals surface area contributed by atoms with Gasteiger partial charge in [-0.1, -0.05) is 80.2 Å². The molecule has 6 aromatic rings. The van der Waals surface area contributed by atoms with Crippen molar-refractivity contribution in [3.8, 4) is 39.8 Å². The number of hydrogen-bond donors (Lipinski definition) is 0. The van der Waals surface area contributed by atoms with Crippen molar-refractivity contribution >= 4 is 22.7 Å². The van der Waals surface area contributed by atoms with Crippen LogP contribution in [-0.2, 0) is 5.41 Å². The average Bonchev–Trinajstić information content (AvgIpc) is 3.00. The minimum absolute atomic E-state index is 0.250. The van der Waals surface area contributed by atoms with E-state index in [2.05, 4.69) is 79.5 Å². The highest BCUT2D eigenvalue weighted by molar-refractivity contribution is 7.99. The fraction of sp³-hybridized carbons (Fsp3) is 0.0857. The third kappa shape index (κ3) is 3.97. The average molecular weight is 533 g/mol. The molecular formula is C35H24N4S. The molecule has 4 aromatic carbocycles. The van der Waals surface area contributed by atoms with Gasteiger partial charge in [-0.2, -0.15) is 5.26 Å². The van der Waals surface area contributed by atoms with Gasteiger partial charge in [-0.05, 0) is 64.7 Å². The largest absolute Gasteiger partial charge is 0.264 e. The molecule has 1 aliphatic heterocycles. The normalized spacial score (nSPS) is 13.3. The number of nitrogens with zero attached hydrogens (tertiary/aromatic N) is 4. The first kappa shape index (κ1) is 24.3. The summed E-state index contributed by atoms with van der Waals surface area (Å²) in [7, 11) is 0. The Kier molecular flexibility index (Phi) is 5.73. The van der Waals surface area contributed by atoms with Gasteiger partial charge in [0.25, 0.3) is 0 Å². The van der Waals surface area contributed by atoms with Crippen LogP contribution in [0.1, 0.15) is 30.5 Å². The van der Waals surface area contributed by atoms with Gasteiger partial charge in [0.1, 0.15) is 0 Å². The van der Waals surface area contributed by atoms with Crippen LogP contribution in [0.3, 0.4) is 0 Å². The molecule has 2 aromatic heterocycles. The van der Waals surface area contributed by atoms with Crippen molar-refractivity contribution < 1.29 is 0 Å². The zero-order valence-corrected chi connectivity index (χ0v) is 22.9. The number of hydrogen-bond acceptors (Lipinski definition) is 5. The van der Waals surface area contributed by atoms with E-state index in [0.717, 1.165) is 33.3 Å². The Bertz CT molecular complexity index is 1960. The van der Waals surface area contributed by atoms with Gasteiger partial charge in [0.15, 0.2) is 5.82 Å². The van der Waals surface area contributed by atoms with Crippen molar-refractivity contribution in [2.45, 2.75) is 29.1 Å². The molecule has 0 atom stereocenters. The van der Waals surface area contributed by atoms with Crippen molar-refractivity contribution in [2.24, 2.45) is 0 Å². The van der Waals surface area contributed by atoms with Crippen LogP contribution in [0, 0.1) is 11.3 Å². The first-order chi connectivity index (χ1) is 19.5. The molecular weight excluding hydrogens is 508 g/mol. The molecule has 0 radical (unpaired) electrons. The van der Waals surface area contributed by atoms with E-state index >= 15 is 0 Å². The monoisotopic (exact) mass is 532 g/mol. The summed E-state index contributed by atoms with van der Waals surface area (Å²) in [5.74, 6) is 0.664. The van der Waals surface area contributed by atoms with Crippen LogP contribution in [0.25, 0.3) is 44.7 Å². The number of fused-ring (bicyclic) bond motifs is 3. The second-order valence-corrected chi connectivity index (χ2v) is 11.5. The molecule has 4 nitrogen and oxygen atoms in total. The van der Waals surface area contributed by atoms with E-state index in [1.54, 1.807) is 24.2 Å². The highest BCUT2D eigenvalue weighted by atomic mass is 32.2. The minimum Gasteiger partial charge on any atom is -0.264 e. The smallest absolute Gasteiger partial charge is 0.161 e. The summed E-state index contributed by atoms with van der Waals surface area (Å²) < 4.78 is 0. The zero-order valence-electron chi connectivity index (χ0n) is 22.1. The van der Waals surface area contributed by atoms with Gasteiger partial charge in [-0.3, -0.25) is 4.98 Å². The van der Waals surface area contributed by atoms with Gasteiger partial charge in [-0.15, -0.1) is 0 Å². The van der Waals surface area contributed by atoms with E-state index in [1.165, 1.54) is 26.5 Å².